The van der Waals surface area contributed by atoms with E-state index in [1.165, 1.54) is 109 Å². The molecule has 6 aliphatic rings. The number of benzene rings is 2. The molecule has 2 N–H and O–H groups in total. The first kappa shape index (κ1) is 48.5. The first-order valence-electron chi connectivity index (χ1n) is 26.6. The van der Waals surface area contributed by atoms with Gasteiger partial charge in [0.1, 0.15) is 12.1 Å². The lowest BCUT2D eigenvalue weighted by molar-refractivity contribution is -0.144. The molecule has 2 aliphatic heterocycles. The number of unbranched alkanes of at least 4 members (excludes halogenated alkanes) is 2. The summed E-state index contributed by atoms with van der Waals surface area (Å²) >= 11 is 0. The summed E-state index contributed by atoms with van der Waals surface area (Å²) in [6, 6.07) is 24.1. The molecule has 2 saturated carbocycles. The Hall–Kier alpha value is -4.48. The third-order valence-electron chi connectivity index (χ3n) is 15.5. The summed E-state index contributed by atoms with van der Waals surface area (Å²) in [7, 11) is 0. The highest BCUT2D eigenvalue weighted by atomic mass is 16.5. The third kappa shape index (κ3) is 13.4. The van der Waals surface area contributed by atoms with E-state index in [1.54, 1.807) is 0 Å². The predicted octanol–water partition coefficient (Wildman–Crippen LogP) is 10.3. The fourth-order valence-electron chi connectivity index (χ4n) is 11.3. The number of aliphatic carboxylic acids is 2. The fraction of sp³-hybridized carbons (Fsp3) is 0.586. The molecule has 4 atom stereocenters. The van der Waals surface area contributed by atoms with Crippen LogP contribution in [-0.2, 0) is 70.4 Å². The Morgan fingerprint density at radius 1 is 0.544 bits per heavy atom. The van der Waals surface area contributed by atoms with Gasteiger partial charge in [-0.15, -0.1) is 0 Å². The van der Waals surface area contributed by atoms with Crippen molar-refractivity contribution in [2.75, 3.05) is 39.4 Å². The van der Waals surface area contributed by atoms with Crippen LogP contribution in [0.3, 0.4) is 0 Å². The van der Waals surface area contributed by atoms with Gasteiger partial charge in [0.2, 0.25) is 0 Å². The summed E-state index contributed by atoms with van der Waals surface area (Å²) in [5, 5.41) is 20.2. The van der Waals surface area contributed by atoms with Crippen LogP contribution in [0.1, 0.15) is 158 Å². The number of hydrogen-bond donors (Lipinski definition) is 2. The number of ether oxygens (including phenoxy) is 2. The van der Waals surface area contributed by atoms with Gasteiger partial charge < -0.3 is 19.7 Å². The van der Waals surface area contributed by atoms with Crippen LogP contribution in [0.2, 0.25) is 0 Å². The maximum absolute atomic E-state index is 12.3. The summed E-state index contributed by atoms with van der Waals surface area (Å²) in [5.74, 6) is -0.0218. The Morgan fingerprint density at radius 2 is 0.971 bits per heavy atom. The first-order chi connectivity index (χ1) is 33.3. The van der Waals surface area contributed by atoms with Crippen molar-refractivity contribution in [3.8, 4) is 0 Å². The number of rotatable bonds is 22. The molecule has 10 rings (SSSR count). The summed E-state index contributed by atoms with van der Waals surface area (Å²) in [5.41, 5.74) is 12.3. The van der Waals surface area contributed by atoms with E-state index in [-0.39, 0.29) is 12.2 Å². The minimum Gasteiger partial charge on any atom is -0.480 e. The van der Waals surface area contributed by atoms with E-state index in [9.17, 15) is 19.8 Å². The number of likely N-dealkylation sites (tertiary alicyclic amines) is 2. The van der Waals surface area contributed by atoms with Crippen LogP contribution in [0.25, 0.3) is 0 Å². The molecule has 0 amide bonds. The van der Waals surface area contributed by atoms with E-state index in [4.69, 9.17) is 19.4 Å². The number of carbonyl (C=O) groups is 2. The molecule has 0 unspecified atom stereocenters. The molecule has 4 heterocycles. The molecule has 0 bridgehead atoms. The number of nitrogens with zero attached hydrogens (tertiary/aromatic N) is 4. The van der Waals surface area contributed by atoms with Gasteiger partial charge in [-0.05, 0) is 199 Å². The van der Waals surface area contributed by atoms with Crippen molar-refractivity contribution in [3.05, 3.63) is 129 Å². The zero-order valence-corrected chi connectivity index (χ0v) is 40.5. The minimum atomic E-state index is -0.749. The summed E-state index contributed by atoms with van der Waals surface area (Å²) in [6.45, 7) is 4.41. The van der Waals surface area contributed by atoms with Gasteiger partial charge in [0, 0.05) is 62.2 Å². The molecule has 0 spiro atoms. The van der Waals surface area contributed by atoms with Crippen molar-refractivity contribution in [1.29, 1.82) is 0 Å². The zero-order valence-electron chi connectivity index (χ0n) is 40.5. The van der Waals surface area contributed by atoms with Crippen LogP contribution in [0.4, 0.5) is 0 Å². The van der Waals surface area contributed by atoms with Crippen LogP contribution in [0.5, 0.6) is 0 Å². The molecule has 10 nitrogen and oxygen atoms in total. The Morgan fingerprint density at radius 3 is 1.40 bits per heavy atom. The number of fused-ring (bicyclic) bond motifs is 2. The lowest BCUT2D eigenvalue weighted by atomic mass is 9.95. The second-order valence-corrected chi connectivity index (χ2v) is 20.9. The van der Waals surface area contributed by atoms with Gasteiger partial charge in [-0.1, -0.05) is 60.7 Å². The van der Waals surface area contributed by atoms with Gasteiger partial charge in [-0.3, -0.25) is 29.4 Å². The van der Waals surface area contributed by atoms with Gasteiger partial charge in [0.25, 0.3) is 0 Å². The Labute approximate surface area is 405 Å². The number of aryl methyl sites for hydroxylation is 6. The highest BCUT2D eigenvalue weighted by Crippen LogP contribution is 2.38. The second kappa shape index (κ2) is 23.9. The molecule has 2 aromatic heterocycles. The van der Waals surface area contributed by atoms with Crippen LogP contribution in [0, 0.1) is 11.8 Å². The van der Waals surface area contributed by atoms with Crippen LogP contribution >= 0.6 is 0 Å². The number of hydrogen-bond acceptors (Lipinski definition) is 8. The Bertz CT molecular complexity index is 2130. The van der Waals surface area contributed by atoms with Crippen molar-refractivity contribution in [2.24, 2.45) is 11.8 Å². The molecule has 2 aromatic carbocycles. The molecule has 0 radical (unpaired) electrons. The fourth-order valence-corrected chi connectivity index (χ4v) is 11.3. The number of carboxylic acids is 2. The van der Waals surface area contributed by atoms with Gasteiger partial charge >= 0.3 is 11.9 Å². The van der Waals surface area contributed by atoms with E-state index in [0.717, 1.165) is 126 Å². The Kier molecular flexibility index (Phi) is 17.1. The minimum absolute atomic E-state index is 0.124. The smallest absolute Gasteiger partial charge is 0.325 e. The van der Waals surface area contributed by atoms with E-state index < -0.39 is 24.0 Å². The van der Waals surface area contributed by atoms with Crippen molar-refractivity contribution in [2.45, 2.75) is 166 Å². The van der Waals surface area contributed by atoms with Gasteiger partial charge in [-0.25, -0.2) is 0 Å². The van der Waals surface area contributed by atoms with Crippen molar-refractivity contribution < 1.29 is 29.3 Å². The van der Waals surface area contributed by atoms with Crippen LogP contribution in [-0.4, -0.2) is 93.5 Å². The van der Waals surface area contributed by atoms with Gasteiger partial charge in [-0.2, -0.15) is 0 Å². The largest absolute Gasteiger partial charge is 0.480 e. The van der Waals surface area contributed by atoms with Crippen LogP contribution in [0.15, 0.2) is 72.8 Å². The number of carboxylic acid groups (broad SMARTS) is 2. The van der Waals surface area contributed by atoms with Gasteiger partial charge in [0.05, 0.1) is 12.2 Å². The SMILES string of the molecule is O=C(O)[C@@H](c1ccccc1CC1CC1)N1CC[C@@H](OCCCCc2ccc3c(n2)CCCC3)C1.O=C(O)[C@H](c1ccccc1CC1CC1)N1CC[C@@H](OCCCCc2ccc3c(n2)CCCC3)C1. The second-order valence-electron chi connectivity index (χ2n) is 20.9. The Balaban J connectivity index is 0.000000170. The molecular formula is C58H76N4O6. The third-order valence-corrected chi connectivity index (χ3v) is 15.5. The van der Waals surface area contributed by atoms with E-state index in [1.807, 2.05) is 36.4 Å². The highest BCUT2D eigenvalue weighted by Gasteiger charge is 2.37. The monoisotopic (exact) mass is 925 g/mol. The summed E-state index contributed by atoms with van der Waals surface area (Å²) in [4.78, 5) is 38.6. The summed E-state index contributed by atoms with van der Waals surface area (Å²) in [6.07, 6.45) is 25.1. The zero-order chi connectivity index (χ0) is 46.7. The maximum Gasteiger partial charge on any atom is 0.325 e. The van der Waals surface area contributed by atoms with E-state index in [0.29, 0.717) is 13.1 Å². The van der Waals surface area contributed by atoms with E-state index in [2.05, 4.69) is 46.2 Å². The molecular weight excluding hydrogens is 849 g/mol. The molecule has 4 fully saturated rings. The van der Waals surface area contributed by atoms with Crippen molar-refractivity contribution >= 4 is 11.9 Å². The summed E-state index contributed by atoms with van der Waals surface area (Å²) < 4.78 is 12.4. The number of aromatic nitrogens is 2. The van der Waals surface area contributed by atoms with Crippen molar-refractivity contribution in [3.63, 3.8) is 0 Å². The molecule has 68 heavy (non-hydrogen) atoms. The first-order valence-corrected chi connectivity index (χ1v) is 26.6. The van der Waals surface area contributed by atoms with Gasteiger partial charge in [0.15, 0.2) is 0 Å². The lowest BCUT2D eigenvalue weighted by Crippen LogP contribution is -2.34. The lowest BCUT2D eigenvalue weighted by Gasteiger charge is -2.26. The molecule has 4 aromatic rings. The highest BCUT2D eigenvalue weighted by molar-refractivity contribution is 5.77. The van der Waals surface area contributed by atoms with E-state index >= 15 is 0 Å². The maximum atomic E-state index is 12.3. The average Bonchev–Trinajstić information content (AvgIpc) is 4.27. The quantitative estimate of drug-likeness (QED) is 0.0736. The average molecular weight is 925 g/mol. The normalized spacial score (nSPS) is 21.4. The number of pyridine rings is 2. The molecule has 2 saturated heterocycles. The van der Waals surface area contributed by atoms with Crippen LogP contribution < -0.4 is 0 Å². The standard InChI is InChI=1S/2C29H38N2O3/c2*32-29(33)28(26-10-3-1-8-23(26)19-21-12-13-21)31-17-16-25(20-31)34-18-6-5-9-24-15-14-22-7-2-4-11-27(22)30-24/h2*1,3,8,10,14-15,21,25,28H,2,4-7,9,11-13,16-20H2,(H,32,33)/t25-,28+;25-,28-/m11/s1. The molecule has 10 heteroatoms. The molecule has 364 valence electrons. The molecule has 4 aliphatic carbocycles. The predicted molar refractivity (Wildman–Crippen MR) is 266 cm³/mol. The van der Waals surface area contributed by atoms with Crippen molar-refractivity contribution in [1.82, 2.24) is 19.8 Å². The topological polar surface area (TPSA) is 125 Å².